The zero-order chi connectivity index (χ0) is 18.3. The first-order valence-corrected chi connectivity index (χ1v) is 10.3. The van der Waals surface area contributed by atoms with Crippen LogP contribution in [-0.2, 0) is 34.2 Å². The molecule has 0 unspecified atom stereocenters. The standard InChI is InChI=1S/C18H22N4O3S/c1-13(23)22-8-6-15-3-4-16(10-17(15)22)26(24,25)20-11-14-2-5-18-19-7-9-21(18)12-14/h3-4,7,9-10,14,20H,2,5-6,8,11-12H2,1H3/t14-/m1/s1. The van der Waals surface area contributed by atoms with Gasteiger partial charge in [-0.15, -0.1) is 0 Å². The number of sulfonamides is 1. The minimum absolute atomic E-state index is 0.0652. The SMILES string of the molecule is CC(=O)N1CCc2ccc(S(=O)(=O)NC[C@H]3CCc4nccn4C3)cc21. The molecule has 1 aromatic carbocycles. The number of nitrogens with zero attached hydrogens (tertiary/aromatic N) is 3. The number of nitrogens with one attached hydrogen (secondary N) is 1. The van der Waals surface area contributed by atoms with Crippen LogP contribution < -0.4 is 9.62 Å². The zero-order valence-corrected chi connectivity index (χ0v) is 15.5. The number of benzene rings is 1. The number of rotatable bonds is 4. The van der Waals surface area contributed by atoms with Crippen molar-refractivity contribution < 1.29 is 13.2 Å². The van der Waals surface area contributed by atoms with Crippen molar-refractivity contribution in [2.75, 3.05) is 18.0 Å². The molecule has 0 fully saturated rings. The lowest BCUT2D eigenvalue weighted by atomic mass is 10.00. The first-order valence-electron chi connectivity index (χ1n) is 8.85. The Kier molecular flexibility index (Phi) is 4.32. The van der Waals surface area contributed by atoms with Gasteiger partial charge in [-0.1, -0.05) is 6.07 Å². The Morgan fingerprint density at radius 1 is 1.35 bits per heavy atom. The summed E-state index contributed by atoms with van der Waals surface area (Å²) in [7, 11) is -3.61. The molecule has 0 spiro atoms. The highest BCUT2D eigenvalue weighted by atomic mass is 32.2. The largest absolute Gasteiger partial charge is 0.335 e. The Morgan fingerprint density at radius 3 is 3.00 bits per heavy atom. The molecule has 1 amide bonds. The summed E-state index contributed by atoms with van der Waals surface area (Å²) in [6, 6.07) is 5.05. The minimum Gasteiger partial charge on any atom is -0.335 e. The van der Waals surface area contributed by atoms with Gasteiger partial charge in [-0.05, 0) is 36.5 Å². The second-order valence-corrected chi connectivity index (χ2v) is 8.73. The topological polar surface area (TPSA) is 84.3 Å². The molecule has 1 atom stereocenters. The third-order valence-electron chi connectivity index (χ3n) is 5.24. The zero-order valence-electron chi connectivity index (χ0n) is 14.7. The molecule has 4 rings (SSSR count). The summed E-state index contributed by atoms with van der Waals surface area (Å²) in [5, 5.41) is 0. The molecule has 8 heteroatoms. The maximum absolute atomic E-state index is 12.7. The first-order chi connectivity index (χ1) is 12.4. The van der Waals surface area contributed by atoms with Crippen LogP contribution in [0.15, 0.2) is 35.5 Å². The van der Waals surface area contributed by atoms with E-state index in [-0.39, 0.29) is 16.7 Å². The third-order valence-corrected chi connectivity index (χ3v) is 6.66. The van der Waals surface area contributed by atoms with E-state index in [1.54, 1.807) is 23.2 Å². The van der Waals surface area contributed by atoms with Crippen molar-refractivity contribution in [1.29, 1.82) is 0 Å². The van der Waals surface area contributed by atoms with Crippen LogP contribution in [-0.4, -0.2) is 37.0 Å². The van der Waals surface area contributed by atoms with Gasteiger partial charge in [0.15, 0.2) is 0 Å². The van der Waals surface area contributed by atoms with Crippen LogP contribution in [0.3, 0.4) is 0 Å². The Morgan fingerprint density at radius 2 is 2.19 bits per heavy atom. The van der Waals surface area contributed by atoms with Crippen molar-refractivity contribution in [2.45, 2.75) is 37.6 Å². The Bertz CT molecular complexity index is 951. The lowest BCUT2D eigenvalue weighted by molar-refractivity contribution is -0.116. The average molecular weight is 374 g/mol. The predicted octanol–water partition coefficient (Wildman–Crippen LogP) is 1.33. The van der Waals surface area contributed by atoms with Crippen molar-refractivity contribution in [2.24, 2.45) is 5.92 Å². The van der Waals surface area contributed by atoms with E-state index in [9.17, 15) is 13.2 Å². The molecule has 26 heavy (non-hydrogen) atoms. The molecule has 2 aromatic rings. The van der Waals surface area contributed by atoms with Gasteiger partial charge in [0.05, 0.1) is 4.90 Å². The molecule has 0 radical (unpaired) electrons. The van der Waals surface area contributed by atoms with Crippen molar-refractivity contribution in [3.63, 3.8) is 0 Å². The second kappa shape index (κ2) is 6.51. The second-order valence-electron chi connectivity index (χ2n) is 6.96. The van der Waals surface area contributed by atoms with Gasteiger partial charge < -0.3 is 9.47 Å². The Balaban J connectivity index is 1.48. The van der Waals surface area contributed by atoms with Gasteiger partial charge in [-0.2, -0.15) is 0 Å². The summed E-state index contributed by atoms with van der Waals surface area (Å²) >= 11 is 0. The number of carbonyl (C=O) groups excluding carboxylic acids is 1. The summed E-state index contributed by atoms with van der Waals surface area (Å²) in [5.74, 6) is 1.24. The number of hydrogen-bond donors (Lipinski definition) is 1. The molecular weight excluding hydrogens is 352 g/mol. The van der Waals surface area contributed by atoms with E-state index in [4.69, 9.17) is 0 Å². The lowest BCUT2D eigenvalue weighted by Crippen LogP contribution is -2.33. The third kappa shape index (κ3) is 3.14. The molecule has 7 nitrogen and oxygen atoms in total. The molecule has 0 bridgehead atoms. The summed E-state index contributed by atoms with van der Waals surface area (Å²) in [6.45, 7) is 3.28. The fraction of sp³-hybridized carbons (Fsp3) is 0.444. The van der Waals surface area contributed by atoms with Gasteiger partial charge in [-0.25, -0.2) is 18.1 Å². The number of carbonyl (C=O) groups is 1. The van der Waals surface area contributed by atoms with Crippen LogP contribution in [0, 0.1) is 5.92 Å². The number of amides is 1. The van der Waals surface area contributed by atoms with Crippen LogP contribution in [0.2, 0.25) is 0 Å². The number of fused-ring (bicyclic) bond motifs is 2. The molecule has 2 aliphatic rings. The number of aromatic nitrogens is 2. The summed E-state index contributed by atoms with van der Waals surface area (Å²) in [4.78, 5) is 17.9. The minimum atomic E-state index is -3.61. The van der Waals surface area contributed by atoms with Crippen LogP contribution in [0.1, 0.15) is 24.7 Å². The maximum Gasteiger partial charge on any atom is 0.240 e. The monoisotopic (exact) mass is 374 g/mol. The number of aryl methyl sites for hydroxylation is 1. The van der Waals surface area contributed by atoms with Gasteiger partial charge in [0.25, 0.3) is 0 Å². The van der Waals surface area contributed by atoms with E-state index in [1.807, 2.05) is 12.3 Å². The average Bonchev–Trinajstić information content (AvgIpc) is 3.25. The maximum atomic E-state index is 12.7. The van der Waals surface area contributed by atoms with E-state index in [0.717, 1.165) is 37.2 Å². The fourth-order valence-electron chi connectivity index (χ4n) is 3.77. The van der Waals surface area contributed by atoms with Crippen LogP contribution in [0.25, 0.3) is 0 Å². The van der Waals surface area contributed by atoms with Crippen molar-refractivity contribution in [3.8, 4) is 0 Å². The number of anilines is 1. The van der Waals surface area contributed by atoms with Crippen LogP contribution >= 0.6 is 0 Å². The van der Waals surface area contributed by atoms with Gasteiger partial charge in [0.2, 0.25) is 15.9 Å². The summed E-state index contributed by atoms with van der Waals surface area (Å²) < 4.78 is 30.3. The smallest absolute Gasteiger partial charge is 0.240 e. The fourth-order valence-corrected chi connectivity index (χ4v) is 4.90. The summed E-state index contributed by atoms with van der Waals surface area (Å²) in [6.07, 6.45) is 6.27. The molecule has 1 aromatic heterocycles. The van der Waals surface area contributed by atoms with Gasteiger partial charge >= 0.3 is 0 Å². The normalized spacial score (nSPS) is 19.3. The number of hydrogen-bond acceptors (Lipinski definition) is 4. The molecular formula is C18H22N4O3S. The van der Waals surface area contributed by atoms with E-state index in [2.05, 4.69) is 14.3 Å². The number of imidazole rings is 1. The molecule has 1 N–H and O–H groups in total. The summed E-state index contributed by atoms with van der Waals surface area (Å²) in [5.41, 5.74) is 1.72. The van der Waals surface area contributed by atoms with E-state index in [1.165, 1.54) is 6.92 Å². The Hall–Kier alpha value is -2.19. The van der Waals surface area contributed by atoms with Crippen molar-refractivity contribution in [1.82, 2.24) is 14.3 Å². The van der Waals surface area contributed by atoms with Gasteiger partial charge in [0.1, 0.15) is 5.82 Å². The molecule has 0 saturated carbocycles. The van der Waals surface area contributed by atoms with Crippen molar-refractivity contribution in [3.05, 3.63) is 42.0 Å². The molecule has 0 aliphatic carbocycles. The molecule has 0 saturated heterocycles. The highest BCUT2D eigenvalue weighted by molar-refractivity contribution is 7.89. The highest BCUT2D eigenvalue weighted by Crippen LogP contribution is 2.30. The van der Waals surface area contributed by atoms with Crippen molar-refractivity contribution >= 4 is 21.6 Å². The van der Waals surface area contributed by atoms with Gasteiger partial charge in [-0.3, -0.25) is 4.79 Å². The highest BCUT2D eigenvalue weighted by Gasteiger charge is 2.26. The molecule has 2 aliphatic heterocycles. The van der Waals surface area contributed by atoms with E-state index >= 15 is 0 Å². The lowest BCUT2D eigenvalue weighted by Gasteiger charge is -2.24. The van der Waals surface area contributed by atoms with Crippen LogP contribution in [0.5, 0.6) is 0 Å². The van der Waals surface area contributed by atoms with E-state index in [0.29, 0.717) is 18.8 Å². The van der Waals surface area contributed by atoms with Crippen LogP contribution in [0.4, 0.5) is 5.69 Å². The van der Waals surface area contributed by atoms with E-state index < -0.39 is 10.0 Å². The quantitative estimate of drug-likeness (QED) is 0.875. The first kappa shape index (κ1) is 17.2. The van der Waals surface area contributed by atoms with Gasteiger partial charge in [0, 0.05) is 51.1 Å². The molecule has 3 heterocycles. The Labute approximate surface area is 153 Å². The molecule has 138 valence electrons. The predicted molar refractivity (Wildman–Crippen MR) is 97.4 cm³/mol.